The first kappa shape index (κ1) is 11.1. The van der Waals surface area contributed by atoms with Gasteiger partial charge in [-0.05, 0) is 30.8 Å². The third kappa shape index (κ3) is 2.08. The molecule has 2 rings (SSSR count). The molecule has 0 spiro atoms. The van der Waals surface area contributed by atoms with Crippen LogP contribution in [0.2, 0.25) is 0 Å². The van der Waals surface area contributed by atoms with E-state index in [0.717, 1.165) is 30.4 Å². The molecule has 0 heterocycles. The lowest BCUT2D eigenvalue weighted by Gasteiger charge is -2.10. The second-order valence-electron chi connectivity index (χ2n) is 4.71. The highest BCUT2D eigenvalue weighted by Crippen LogP contribution is 2.33. The summed E-state index contributed by atoms with van der Waals surface area (Å²) in [5.41, 5.74) is 3.27. The van der Waals surface area contributed by atoms with E-state index in [1.54, 1.807) is 0 Å². The second kappa shape index (κ2) is 4.65. The lowest BCUT2D eigenvalue weighted by Crippen LogP contribution is -2.05. The van der Waals surface area contributed by atoms with Crippen molar-refractivity contribution in [2.45, 2.75) is 33.1 Å². The summed E-state index contributed by atoms with van der Waals surface area (Å²) in [6.45, 7) is 4.36. The van der Waals surface area contributed by atoms with E-state index in [9.17, 15) is 4.79 Å². The van der Waals surface area contributed by atoms with E-state index in [-0.39, 0.29) is 5.78 Å². The predicted molar refractivity (Wildman–Crippen MR) is 66.5 cm³/mol. The van der Waals surface area contributed by atoms with Gasteiger partial charge in [-0.3, -0.25) is 4.79 Å². The number of ketones is 1. The third-order valence-electron chi connectivity index (χ3n) is 3.27. The molecule has 84 valence electrons. The number of hydrogen-bond donors (Lipinski definition) is 0. The molecule has 1 aliphatic carbocycles. The maximum Gasteiger partial charge on any atom is 0.188 e. The van der Waals surface area contributed by atoms with Crippen LogP contribution in [0.4, 0.5) is 0 Å². The largest absolute Gasteiger partial charge is 0.289 e. The molecular formula is C15H18O. The van der Waals surface area contributed by atoms with Gasteiger partial charge in [0.2, 0.25) is 0 Å². The Labute approximate surface area is 97.2 Å². The summed E-state index contributed by atoms with van der Waals surface area (Å²) in [6.07, 6.45) is 3.20. The van der Waals surface area contributed by atoms with Gasteiger partial charge in [-0.25, -0.2) is 0 Å². The average Bonchev–Trinajstić information content (AvgIpc) is 2.78. The molecule has 0 fully saturated rings. The SMILES string of the molecule is CC(C)C1=C(C(=O)c2ccccc2)CCC1. The Bertz CT molecular complexity index is 412. The lowest BCUT2D eigenvalue weighted by atomic mass is 9.94. The summed E-state index contributed by atoms with van der Waals surface area (Å²) in [5.74, 6) is 0.743. The van der Waals surface area contributed by atoms with E-state index in [1.807, 2.05) is 30.3 Å². The van der Waals surface area contributed by atoms with Gasteiger partial charge >= 0.3 is 0 Å². The molecule has 0 saturated carbocycles. The molecule has 1 aromatic rings. The van der Waals surface area contributed by atoms with Crippen LogP contribution >= 0.6 is 0 Å². The van der Waals surface area contributed by atoms with Crippen molar-refractivity contribution in [1.82, 2.24) is 0 Å². The minimum absolute atomic E-state index is 0.238. The maximum atomic E-state index is 12.3. The van der Waals surface area contributed by atoms with Gasteiger partial charge in [0.15, 0.2) is 5.78 Å². The molecule has 16 heavy (non-hydrogen) atoms. The Kier molecular flexibility index (Phi) is 3.23. The molecule has 0 aliphatic heterocycles. The molecule has 0 N–H and O–H groups in total. The van der Waals surface area contributed by atoms with E-state index in [0.29, 0.717) is 5.92 Å². The summed E-state index contributed by atoms with van der Waals surface area (Å²) in [6, 6.07) is 9.62. The number of Topliss-reactive ketones (excluding diaryl/α,β-unsaturated/α-hetero) is 1. The molecular weight excluding hydrogens is 196 g/mol. The number of allylic oxidation sites excluding steroid dienone is 2. The normalized spacial score (nSPS) is 15.9. The molecule has 0 saturated heterocycles. The van der Waals surface area contributed by atoms with Crippen LogP contribution < -0.4 is 0 Å². The molecule has 0 amide bonds. The van der Waals surface area contributed by atoms with Gasteiger partial charge in [0.25, 0.3) is 0 Å². The van der Waals surface area contributed by atoms with Crippen molar-refractivity contribution >= 4 is 5.78 Å². The van der Waals surface area contributed by atoms with Crippen molar-refractivity contribution < 1.29 is 4.79 Å². The molecule has 0 atom stereocenters. The van der Waals surface area contributed by atoms with Crippen molar-refractivity contribution in [2.75, 3.05) is 0 Å². The zero-order chi connectivity index (χ0) is 11.5. The number of hydrogen-bond acceptors (Lipinski definition) is 1. The molecule has 1 aliphatic rings. The molecule has 0 aromatic heterocycles. The van der Waals surface area contributed by atoms with E-state index in [2.05, 4.69) is 13.8 Å². The van der Waals surface area contributed by atoms with E-state index in [1.165, 1.54) is 5.57 Å². The van der Waals surface area contributed by atoms with Gasteiger partial charge in [0, 0.05) is 5.56 Å². The summed E-state index contributed by atoms with van der Waals surface area (Å²) in [4.78, 5) is 12.3. The van der Waals surface area contributed by atoms with Gasteiger partial charge in [-0.2, -0.15) is 0 Å². The van der Waals surface area contributed by atoms with Gasteiger partial charge in [0.05, 0.1) is 0 Å². The van der Waals surface area contributed by atoms with Crippen molar-refractivity contribution in [3.8, 4) is 0 Å². The van der Waals surface area contributed by atoms with E-state index >= 15 is 0 Å². The Balaban J connectivity index is 2.32. The van der Waals surface area contributed by atoms with Crippen LogP contribution in [0.3, 0.4) is 0 Å². The van der Waals surface area contributed by atoms with Crippen molar-refractivity contribution in [2.24, 2.45) is 5.92 Å². The quantitative estimate of drug-likeness (QED) is 0.695. The van der Waals surface area contributed by atoms with Crippen LogP contribution in [0.5, 0.6) is 0 Å². The summed E-state index contributed by atoms with van der Waals surface area (Å²) < 4.78 is 0. The minimum atomic E-state index is 0.238. The zero-order valence-electron chi connectivity index (χ0n) is 9.99. The number of carbonyl (C=O) groups excluding carboxylic acids is 1. The topological polar surface area (TPSA) is 17.1 Å². The van der Waals surface area contributed by atoms with E-state index in [4.69, 9.17) is 0 Å². The first-order valence-electron chi connectivity index (χ1n) is 6.02. The van der Waals surface area contributed by atoms with Crippen molar-refractivity contribution in [3.05, 3.63) is 47.0 Å². The number of rotatable bonds is 3. The Morgan fingerprint density at radius 1 is 1.12 bits per heavy atom. The fraction of sp³-hybridized carbons (Fsp3) is 0.400. The molecule has 0 bridgehead atoms. The number of benzene rings is 1. The highest BCUT2D eigenvalue weighted by atomic mass is 16.1. The molecule has 0 unspecified atom stereocenters. The molecule has 1 aromatic carbocycles. The zero-order valence-corrected chi connectivity index (χ0v) is 9.99. The minimum Gasteiger partial charge on any atom is -0.289 e. The fourth-order valence-electron chi connectivity index (χ4n) is 2.43. The van der Waals surface area contributed by atoms with Gasteiger partial charge < -0.3 is 0 Å². The molecule has 0 radical (unpaired) electrons. The maximum absolute atomic E-state index is 12.3. The summed E-state index contributed by atoms with van der Waals surface area (Å²) >= 11 is 0. The average molecular weight is 214 g/mol. The third-order valence-corrected chi connectivity index (χ3v) is 3.27. The van der Waals surface area contributed by atoms with Crippen LogP contribution in [-0.2, 0) is 0 Å². The molecule has 1 heteroatoms. The Hall–Kier alpha value is -1.37. The van der Waals surface area contributed by atoms with Crippen LogP contribution in [0.25, 0.3) is 0 Å². The predicted octanol–water partition coefficient (Wildman–Crippen LogP) is 4.01. The van der Waals surface area contributed by atoms with Crippen LogP contribution in [-0.4, -0.2) is 5.78 Å². The van der Waals surface area contributed by atoms with Gasteiger partial charge in [0.1, 0.15) is 0 Å². The highest BCUT2D eigenvalue weighted by Gasteiger charge is 2.23. The second-order valence-corrected chi connectivity index (χ2v) is 4.71. The fourth-order valence-corrected chi connectivity index (χ4v) is 2.43. The standard InChI is InChI=1S/C15H18O/c1-11(2)13-9-6-10-14(13)15(16)12-7-4-3-5-8-12/h3-5,7-8,11H,6,9-10H2,1-2H3. The van der Waals surface area contributed by atoms with Crippen LogP contribution in [0.1, 0.15) is 43.5 Å². The van der Waals surface area contributed by atoms with Crippen LogP contribution in [0, 0.1) is 5.92 Å². The lowest BCUT2D eigenvalue weighted by molar-refractivity contribution is 0.103. The Morgan fingerprint density at radius 3 is 2.44 bits per heavy atom. The van der Waals surface area contributed by atoms with Gasteiger partial charge in [-0.1, -0.05) is 49.8 Å². The van der Waals surface area contributed by atoms with Crippen molar-refractivity contribution in [1.29, 1.82) is 0 Å². The summed E-state index contributed by atoms with van der Waals surface area (Å²) in [5, 5.41) is 0. The first-order valence-corrected chi connectivity index (χ1v) is 6.02. The van der Waals surface area contributed by atoms with Crippen LogP contribution in [0.15, 0.2) is 41.5 Å². The van der Waals surface area contributed by atoms with Crippen molar-refractivity contribution in [3.63, 3.8) is 0 Å². The Morgan fingerprint density at radius 2 is 1.81 bits per heavy atom. The molecule has 1 nitrogen and oxygen atoms in total. The van der Waals surface area contributed by atoms with Gasteiger partial charge in [-0.15, -0.1) is 0 Å². The van der Waals surface area contributed by atoms with E-state index < -0.39 is 0 Å². The first-order chi connectivity index (χ1) is 7.70. The monoisotopic (exact) mass is 214 g/mol. The smallest absolute Gasteiger partial charge is 0.188 e. The summed E-state index contributed by atoms with van der Waals surface area (Å²) in [7, 11) is 0. The highest BCUT2D eigenvalue weighted by molar-refractivity contribution is 6.09. The number of carbonyl (C=O) groups is 1.